The fraction of sp³-hybridized carbons (Fsp3) is 0.600. The molecule has 0 radical (unpaired) electrons. The Bertz CT molecular complexity index is 352. The van der Waals surface area contributed by atoms with Gasteiger partial charge in [0.1, 0.15) is 0 Å². The molecule has 94 valence electrons. The molecule has 0 aliphatic heterocycles. The van der Waals surface area contributed by atoms with Crippen LogP contribution >= 0.6 is 27.5 Å². The Morgan fingerprint density at radius 1 is 1.24 bits per heavy atom. The van der Waals surface area contributed by atoms with Gasteiger partial charge in [-0.2, -0.15) is 0 Å². The van der Waals surface area contributed by atoms with Crippen molar-refractivity contribution in [3.05, 3.63) is 34.3 Å². The van der Waals surface area contributed by atoms with E-state index < -0.39 is 0 Å². The summed E-state index contributed by atoms with van der Waals surface area (Å²) in [5.41, 5.74) is 1.75. The Morgan fingerprint density at radius 3 is 2.35 bits per heavy atom. The van der Waals surface area contributed by atoms with E-state index in [2.05, 4.69) is 47.1 Å². The second-order valence-electron chi connectivity index (χ2n) is 5.22. The second-order valence-corrected chi connectivity index (χ2v) is 6.66. The summed E-state index contributed by atoms with van der Waals surface area (Å²) in [5.74, 6) is 0. The van der Waals surface area contributed by atoms with Gasteiger partial charge in [-0.1, -0.05) is 47.8 Å². The van der Waals surface area contributed by atoms with Gasteiger partial charge >= 0.3 is 0 Å². The van der Waals surface area contributed by atoms with Gasteiger partial charge in [-0.25, -0.2) is 0 Å². The highest BCUT2D eigenvalue weighted by atomic mass is 79.9. The van der Waals surface area contributed by atoms with Gasteiger partial charge in [0.05, 0.1) is 0 Å². The molecule has 0 nitrogen and oxygen atoms in total. The molecule has 17 heavy (non-hydrogen) atoms. The molecule has 1 aromatic rings. The molecule has 1 fully saturated rings. The Morgan fingerprint density at radius 2 is 1.82 bits per heavy atom. The SMILES string of the molecule is CCC1(C(Cl)Cc2ccc(Br)cc2)CCCC1. The van der Waals surface area contributed by atoms with Gasteiger partial charge in [-0.3, -0.25) is 0 Å². The van der Waals surface area contributed by atoms with Crippen molar-refractivity contribution in [3.63, 3.8) is 0 Å². The van der Waals surface area contributed by atoms with Crippen molar-refractivity contribution in [3.8, 4) is 0 Å². The zero-order chi connectivity index (χ0) is 12.3. The summed E-state index contributed by atoms with van der Waals surface area (Å²) >= 11 is 10.2. The minimum Gasteiger partial charge on any atom is -0.122 e. The predicted molar refractivity (Wildman–Crippen MR) is 78.7 cm³/mol. The van der Waals surface area contributed by atoms with Crippen LogP contribution in [0.1, 0.15) is 44.6 Å². The standard InChI is InChI=1S/C15H20BrCl/c1-2-15(9-3-4-10-15)14(17)11-12-5-7-13(16)8-6-12/h5-8,14H,2-4,9-11H2,1H3. The highest BCUT2D eigenvalue weighted by Crippen LogP contribution is 2.47. The lowest BCUT2D eigenvalue weighted by molar-refractivity contribution is 0.267. The third kappa shape index (κ3) is 3.06. The largest absolute Gasteiger partial charge is 0.122 e. The van der Waals surface area contributed by atoms with Crippen LogP contribution in [0.4, 0.5) is 0 Å². The first-order valence-corrected chi connectivity index (χ1v) is 7.78. The lowest BCUT2D eigenvalue weighted by Gasteiger charge is -2.33. The average molecular weight is 316 g/mol. The minimum absolute atomic E-state index is 0.288. The van der Waals surface area contributed by atoms with E-state index in [1.807, 2.05) is 0 Å². The molecule has 0 aromatic heterocycles. The summed E-state index contributed by atoms with van der Waals surface area (Å²) in [7, 11) is 0. The highest BCUT2D eigenvalue weighted by Gasteiger charge is 2.38. The molecular formula is C15H20BrCl. The maximum Gasteiger partial charge on any atom is 0.0432 e. The lowest BCUT2D eigenvalue weighted by Crippen LogP contribution is -2.29. The van der Waals surface area contributed by atoms with Crippen LogP contribution in [-0.4, -0.2) is 5.38 Å². The van der Waals surface area contributed by atoms with Gasteiger partial charge < -0.3 is 0 Å². The highest BCUT2D eigenvalue weighted by molar-refractivity contribution is 9.10. The van der Waals surface area contributed by atoms with Gasteiger partial charge in [0.2, 0.25) is 0 Å². The normalized spacial score (nSPS) is 20.4. The third-order valence-electron chi connectivity index (χ3n) is 4.30. The maximum atomic E-state index is 6.71. The lowest BCUT2D eigenvalue weighted by atomic mass is 9.78. The van der Waals surface area contributed by atoms with E-state index in [1.54, 1.807) is 0 Å². The molecule has 0 amide bonds. The van der Waals surface area contributed by atoms with Crippen molar-refractivity contribution in [2.45, 2.75) is 50.8 Å². The predicted octanol–water partition coefficient (Wildman–Crippen LogP) is 5.57. The van der Waals surface area contributed by atoms with Crippen LogP contribution in [0.15, 0.2) is 28.7 Å². The molecule has 1 unspecified atom stereocenters. The molecule has 0 heterocycles. The molecule has 1 aliphatic rings. The van der Waals surface area contributed by atoms with Crippen LogP contribution in [0.25, 0.3) is 0 Å². The fourth-order valence-corrected chi connectivity index (χ4v) is 3.83. The van der Waals surface area contributed by atoms with Crippen LogP contribution in [-0.2, 0) is 6.42 Å². The summed E-state index contributed by atoms with van der Waals surface area (Å²) < 4.78 is 1.14. The van der Waals surface area contributed by atoms with E-state index >= 15 is 0 Å². The topological polar surface area (TPSA) is 0 Å². The van der Waals surface area contributed by atoms with Gasteiger partial charge in [-0.05, 0) is 48.8 Å². The number of hydrogen-bond acceptors (Lipinski definition) is 0. The van der Waals surface area contributed by atoms with Gasteiger partial charge in [0, 0.05) is 9.85 Å². The van der Waals surface area contributed by atoms with Crippen molar-refractivity contribution in [2.24, 2.45) is 5.41 Å². The summed E-state index contributed by atoms with van der Waals surface area (Å²) in [5, 5.41) is 0.288. The quantitative estimate of drug-likeness (QED) is 0.637. The van der Waals surface area contributed by atoms with Crippen LogP contribution in [0.5, 0.6) is 0 Å². The Balaban J connectivity index is 2.05. The van der Waals surface area contributed by atoms with E-state index in [0.29, 0.717) is 5.41 Å². The zero-order valence-corrected chi connectivity index (χ0v) is 12.7. The second kappa shape index (κ2) is 5.75. The molecule has 0 saturated heterocycles. The first kappa shape index (κ1) is 13.4. The molecule has 0 spiro atoms. The van der Waals surface area contributed by atoms with Crippen LogP contribution in [0, 0.1) is 5.41 Å². The van der Waals surface area contributed by atoms with Gasteiger partial charge in [0.25, 0.3) is 0 Å². The Labute approximate surface area is 118 Å². The molecule has 2 heteroatoms. The van der Waals surface area contributed by atoms with Crippen LogP contribution in [0.3, 0.4) is 0 Å². The van der Waals surface area contributed by atoms with Crippen molar-refractivity contribution in [1.82, 2.24) is 0 Å². The fourth-order valence-electron chi connectivity index (χ4n) is 3.01. The van der Waals surface area contributed by atoms with E-state index in [-0.39, 0.29) is 5.38 Å². The number of benzene rings is 1. The van der Waals surface area contributed by atoms with Gasteiger partial charge in [-0.15, -0.1) is 11.6 Å². The first-order chi connectivity index (χ1) is 8.16. The maximum absolute atomic E-state index is 6.71. The van der Waals surface area contributed by atoms with Crippen molar-refractivity contribution < 1.29 is 0 Å². The first-order valence-electron chi connectivity index (χ1n) is 6.55. The number of halogens is 2. The van der Waals surface area contributed by atoms with Crippen molar-refractivity contribution >= 4 is 27.5 Å². The molecule has 2 rings (SSSR count). The summed E-state index contributed by atoms with van der Waals surface area (Å²) in [6, 6.07) is 8.56. The summed E-state index contributed by atoms with van der Waals surface area (Å²) in [6.07, 6.45) is 7.57. The smallest absolute Gasteiger partial charge is 0.0432 e. The van der Waals surface area contributed by atoms with E-state index in [1.165, 1.54) is 37.7 Å². The monoisotopic (exact) mass is 314 g/mol. The average Bonchev–Trinajstić information content (AvgIpc) is 2.82. The molecular weight excluding hydrogens is 296 g/mol. The minimum atomic E-state index is 0.288. The number of rotatable bonds is 4. The van der Waals surface area contributed by atoms with Gasteiger partial charge in [0.15, 0.2) is 0 Å². The van der Waals surface area contributed by atoms with Crippen molar-refractivity contribution in [1.29, 1.82) is 0 Å². The zero-order valence-electron chi connectivity index (χ0n) is 10.4. The summed E-state index contributed by atoms with van der Waals surface area (Å²) in [6.45, 7) is 2.29. The van der Waals surface area contributed by atoms with E-state index in [9.17, 15) is 0 Å². The third-order valence-corrected chi connectivity index (χ3v) is 5.44. The van der Waals surface area contributed by atoms with Crippen molar-refractivity contribution in [2.75, 3.05) is 0 Å². The van der Waals surface area contributed by atoms with E-state index in [0.717, 1.165) is 10.9 Å². The van der Waals surface area contributed by atoms with E-state index in [4.69, 9.17) is 11.6 Å². The Hall–Kier alpha value is -0.0100. The molecule has 1 aromatic carbocycles. The number of hydrogen-bond donors (Lipinski definition) is 0. The molecule has 0 bridgehead atoms. The molecule has 1 saturated carbocycles. The molecule has 0 N–H and O–H groups in total. The van der Waals surface area contributed by atoms with Crippen LogP contribution in [0.2, 0.25) is 0 Å². The van der Waals surface area contributed by atoms with Crippen LogP contribution < -0.4 is 0 Å². The summed E-state index contributed by atoms with van der Waals surface area (Å²) in [4.78, 5) is 0. The number of alkyl halides is 1. The molecule has 1 atom stereocenters. The Kier molecular flexibility index (Phi) is 4.54. The molecule has 1 aliphatic carbocycles.